The second kappa shape index (κ2) is 9.61. The van der Waals surface area contributed by atoms with Gasteiger partial charge in [0.15, 0.2) is 23.3 Å². The average Bonchev–Trinajstić information content (AvgIpc) is 3.14. The highest BCUT2D eigenvalue weighted by atomic mass is 32.1. The lowest BCUT2D eigenvalue weighted by Gasteiger charge is -2.24. The number of hydrogen-bond acceptors (Lipinski definition) is 5. The number of carbonyl (C=O) groups excluding carboxylic acids is 1. The van der Waals surface area contributed by atoms with Crippen LogP contribution in [0.15, 0.2) is 48.5 Å². The number of hydrogen-bond donors (Lipinski definition) is 0. The predicted molar refractivity (Wildman–Crippen MR) is 112 cm³/mol. The Morgan fingerprint density at radius 3 is 2.50 bits per heavy atom. The van der Waals surface area contributed by atoms with Crippen molar-refractivity contribution in [2.75, 3.05) is 37.7 Å². The third kappa shape index (κ3) is 4.85. The Balaban J connectivity index is 1.78. The summed E-state index contributed by atoms with van der Waals surface area (Å²) in [6.45, 7) is 6.99. The number of rotatable bonds is 9. The monoisotopic (exact) mass is 401 g/mol. The molecule has 0 bridgehead atoms. The lowest BCUT2D eigenvalue weighted by Crippen LogP contribution is -2.41. The van der Waals surface area contributed by atoms with Crippen LogP contribution in [0.3, 0.4) is 0 Å². The van der Waals surface area contributed by atoms with Crippen molar-refractivity contribution in [3.8, 4) is 5.75 Å². The number of para-hydroxylation sites is 2. The van der Waals surface area contributed by atoms with Gasteiger partial charge in [-0.25, -0.2) is 9.37 Å². The standard InChI is InChI=1S/C21H24FN3O2S/c1-3-24(4-2)13-14-25(21-23-17-10-6-8-12-19(17)28-21)20(26)15-27-18-11-7-5-9-16(18)22/h5-12H,3-4,13-15H2,1-2H3. The number of fused-ring (bicyclic) bond motifs is 1. The molecule has 2 aromatic carbocycles. The van der Waals surface area contributed by atoms with Crippen LogP contribution in [-0.2, 0) is 4.79 Å². The molecule has 0 fully saturated rings. The molecule has 3 rings (SSSR count). The van der Waals surface area contributed by atoms with E-state index < -0.39 is 5.82 Å². The van der Waals surface area contributed by atoms with Crippen LogP contribution in [0.25, 0.3) is 10.2 Å². The number of amides is 1. The van der Waals surface area contributed by atoms with E-state index in [0.717, 1.165) is 29.9 Å². The molecular formula is C21H24FN3O2S. The smallest absolute Gasteiger partial charge is 0.266 e. The molecule has 5 nitrogen and oxygen atoms in total. The highest BCUT2D eigenvalue weighted by Crippen LogP contribution is 2.28. The molecule has 0 spiro atoms. The first-order valence-corrected chi connectivity index (χ1v) is 10.2. The van der Waals surface area contributed by atoms with Crippen molar-refractivity contribution in [1.29, 1.82) is 0 Å². The Hall–Kier alpha value is -2.51. The summed E-state index contributed by atoms with van der Waals surface area (Å²) in [7, 11) is 0. The van der Waals surface area contributed by atoms with Crippen LogP contribution in [0.5, 0.6) is 5.75 Å². The maximum absolute atomic E-state index is 13.8. The van der Waals surface area contributed by atoms with Crippen molar-refractivity contribution in [1.82, 2.24) is 9.88 Å². The van der Waals surface area contributed by atoms with Crippen molar-refractivity contribution in [2.24, 2.45) is 0 Å². The third-order valence-corrected chi connectivity index (χ3v) is 5.60. The summed E-state index contributed by atoms with van der Waals surface area (Å²) in [5, 5.41) is 0.635. The molecule has 148 valence electrons. The minimum absolute atomic E-state index is 0.0730. The highest BCUT2D eigenvalue weighted by molar-refractivity contribution is 7.22. The zero-order chi connectivity index (χ0) is 19.9. The van der Waals surface area contributed by atoms with Crippen molar-refractivity contribution in [2.45, 2.75) is 13.8 Å². The van der Waals surface area contributed by atoms with Gasteiger partial charge in [-0.2, -0.15) is 0 Å². The summed E-state index contributed by atoms with van der Waals surface area (Å²) in [5.41, 5.74) is 0.859. The molecule has 0 unspecified atom stereocenters. The Kier molecular flexibility index (Phi) is 6.95. The number of benzene rings is 2. The second-order valence-corrected chi connectivity index (χ2v) is 7.26. The number of halogens is 1. The maximum Gasteiger partial charge on any atom is 0.266 e. The molecule has 0 aliphatic carbocycles. The topological polar surface area (TPSA) is 45.7 Å². The van der Waals surface area contributed by atoms with E-state index in [9.17, 15) is 9.18 Å². The fourth-order valence-electron chi connectivity index (χ4n) is 2.86. The minimum atomic E-state index is -0.482. The second-order valence-electron chi connectivity index (χ2n) is 6.26. The van der Waals surface area contributed by atoms with Gasteiger partial charge in [-0.05, 0) is 37.4 Å². The molecule has 28 heavy (non-hydrogen) atoms. The molecule has 7 heteroatoms. The Morgan fingerprint density at radius 2 is 1.79 bits per heavy atom. The van der Waals surface area contributed by atoms with Gasteiger partial charge in [0.05, 0.1) is 10.2 Å². The highest BCUT2D eigenvalue weighted by Gasteiger charge is 2.21. The van der Waals surface area contributed by atoms with Crippen LogP contribution in [0, 0.1) is 5.82 Å². The number of thiazole rings is 1. The van der Waals surface area contributed by atoms with Gasteiger partial charge in [0.2, 0.25) is 0 Å². The van der Waals surface area contributed by atoms with E-state index in [-0.39, 0.29) is 18.3 Å². The number of anilines is 1. The van der Waals surface area contributed by atoms with Gasteiger partial charge in [0.1, 0.15) is 0 Å². The Morgan fingerprint density at radius 1 is 1.07 bits per heavy atom. The molecule has 0 aliphatic heterocycles. The first-order chi connectivity index (χ1) is 13.6. The van der Waals surface area contributed by atoms with Crippen molar-refractivity contribution >= 4 is 32.6 Å². The number of carbonyl (C=O) groups is 1. The number of ether oxygens (including phenoxy) is 1. The molecule has 0 N–H and O–H groups in total. The number of likely N-dealkylation sites (N-methyl/N-ethyl adjacent to an activating group) is 1. The molecule has 1 heterocycles. The summed E-state index contributed by atoms with van der Waals surface area (Å²) in [5.74, 6) is -0.650. The van der Waals surface area contributed by atoms with Crippen LogP contribution in [0.2, 0.25) is 0 Å². The molecular weight excluding hydrogens is 377 g/mol. The van der Waals surface area contributed by atoms with Crippen molar-refractivity contribution < 1.29 is 13.9 Å². The summed E-state index contributed by atoms with van der Waals surface area (Å²) in [6, 6.07) is 13.9. The third-order valence-electron chi connectivity index (χ3n) is 4.54. The average molecular weight is 402 g/mol. The molecule has 1 aromatic heterocycles. The fourth-order valence-corrected chi connectivity index (χ4v) is 3.87. The predicted octanol–water partition coefficient (Wildman–Crippen LogP) is 4.19. The van der Waals surface area contributed by atoms with E-state index >= 15 is 0 Å². The van der Waals surface area contributed by atoms with Gasteiger partial charge in [-0.3, -0.25) is 9.69 Å². The molecule has 0 saturated heterocycles. The number of aromatic nitrogens is 1. The molecule has 0 atom stereocenters. The van der Waals surface area contributed by atoms with Crippen LogP contribution in [0.4, 0.5) is 9.52 Å². The SMILES string of the molecule is CCN(CC)CCN(C(=O)COc1ccccc1F)c1nc2ccccc2s1. The Bertz CT molecular complexity index is 894. The van der Waals surface area contributed by atoms with Gasteiger partial charge in [-0.1, -0.05) is 49.4 Å². The zero-order valence-corrected chi connectivity index (χ0v) is 16.9. The van der Waals surface area contributed by atoms with E-state index in [4.69, 9.17) is 4.74 Å². The van der Waals surface area contributed by atoms with Crippen LogP contribution in [-0.4, -0.2) is 48.6 Å². The van der Waals surface area contributed by atoms with Gasteiger partial charge < -0.3 is 9.64 Å². The summed E-state index contributed by atoms with van der Waals surface area (Å²) >= 11 is 1.47. The quantitative estimate of drug-likeness (QED) is 0.539. The first-order valence-electron chi connectivity index (χ1n) is 9.38. The van der Waals surface area contributed by atoms with E-state index in [0.29, 0.717) is 11.7 Å². The molecule has 0 radical (unpaired) electrons. The minimum Gasteiger partial charge on any atom is -0.481 e. The van der Waals surface area contributed by atoms with E-state index in [1.165, 1.54) is 23.5 Å². The van der Waals surface area contributed by atoms with Gasteiger partial charge in [0.25, 0.3) is 5.91 Å². The van der Waals surface area contributed by atoms with E-state index in [1.807, 2.05) is 24.3 Å². The summed E-state index contributed by atoms with van der Waals surface area (Å²) in [6.07, 6.45) is 0. The molecule has 3 aromatic rings. The van der Waals surface area contributed by atoms with Crippen molar-refractivity contribution in [3.05, 3.63) is 54.3 Å². The Labute approximate surface area is 168 Å². The normalized spacial score (nSPS) is 11.1. The summed E-state index contributed by atoms with van der Waals surface area (Å²) < 4.78 is 20.2. The largest absolute Gasteiger partial charge is 0.481 e. The molecule has 0 saturated carbocycles. The molecule has 1 amide bonds. The first kappa shape index (κ1) is 20.2. The van der Waals surface area contributed by atoms with Gasteiger partial charge in [0, 0.05) is 13.1 Å². The maximum atomic E-state index is 13.8. The molecule has 0 aliphatic rings. The zero-order valence-electron chi connectivity index (χ0n) is 16.1. The lowest BCUT2D eigenvalue weighted by molar-refractivity contribution is -0.120. The number of nitrogens with zero attached hydrogens (tertiary/aromatic N) is 3. The van der Waals surface area contributed by atoms with Gasteiger partial charge >= 0.3 is 0 Å². The van der Waals surface area contributed by atoms with E-state index in [1.54, 1.807) is 17.0 Å². The summed E-state index contributed by atoms with van der Waals surface area (Å²) in [4.78, 5) is 21.4. The van der Waals surface area contributed by atoms with Gasteiger partial charge in [-0.15, -0.1) is 0 Å². The lowest BCUT2D eigenvalue weighted by atomic mass is 10.3. The van der Waals surface area contributed by atoms with E-state index in [2.05, 4.69) is 23.7 Å². The fraction of sp³-hybridized carbons (Fsp3) is 0.333. The van der Waals surface area contributed by atoms with Crippen LogP contribution >= 0.6 is 11.3 Å². The van der Waals surface area contributed by atoms with Crippen LogP contribution < -0.4 is 9.64 Å². The van der Waals surface area contributed by atoms with Crippen LogP contribution in [0.1, 0.15) is 13.8 Å². The van der Waals surface area contributed by atoms with Crippen molar-refractivity contribution in [3.63, 3.8) is 0 Å².